The van der Waals surface area contributed by atoms with Crippen molar-refractivity contribution in [2.24, 2.45) is 0 Å². The molecular weight excluding hydrogens is 226 g/mol. The van der Waals surface area contributed by atoms with E-state index in [1.807, 2.05) is 0 Å². The molecule has 2 rings (SSSR count). The van der Waals surface area contributed by atoms with Crippen molar-refractivity contribution in [3.05, 3.63) is 29.3 Å². The van der Waals surface area contributed by atoms with Gasteiger partial charge in [0.25, 0.3) is 0 Å². The second-order valence-electron chi connectivity index (χ2n) is 4.88. The predicted molar refractivity (Wildman–Crippen MR) is 73.0 cm³/mol. The Morgan fingerprint density at radius 3 is 2.83 bits per heavy atom. The van der Waals surface area contributed by atoms with Crippen molar-refractivity contribution in [1.82, 2.24) is 5.32 Å². The fourth-order valence-electron chi connectivity index (χ4n) is 2.46. The first kappa shape index (κ1) is 13.4. The van der Waals surface area contributed by atoms with E-state index < -0.39 is 0 Å². The Kier molecular flexibility index (Phi) is 4.61. The summed E-state index contributed by atoms with van der Waals surface area (Å²) in [6, 6.07) is 6.94. The molecule has 0 radical (unpaired) electrons. The number of aliphatic hydroxyl groups excluding tert-OH is 1. The van der Waals surface area contributed by atoms with Crippen LogP contribution in [-0.2, 0) is 6.42 Å². The molecule has 1 aliphatic rings. The van der Waals surface area contributed by atoms with Crippen LogP contribution in [0, 0.1) is 0 Å². The van der Waals surface area contributed by atoms with Crippen LogP contribution in [0.2, 0.25) is 0 Å². The van der Waals surface area contributed by atoms with Gasteiger partial charge in [0.15, 0.2) is 0 Å². The number of rotatable bonds is 6. The van der Waals surface area contributed by atoms with Crippen molar-refractivity contribution in [3.63, 3.8) is 0 Å². The minimum Gasteiger partial charge on any atom is -0.493 e. The Labute approximate surface area is 109 Å². The molecule has 2 N–H and O–H groups in total. The number of hydrogen-bond donors (Lipinski definition) is 2. The molecule has 0 spiro atoms. The van der Waals surface area contributed by atoms with Crippen molar-refractivity contribution >= 4 is 0 Å². The molecule has 1 aliphatic heterocycles. The Balaban J connectivity index is 2.12. The number of hydrogen-bond acceptors (Lipinski definition) is 3. The van der Waals surface area contributed by atoms with Crippen molar-refractivity contribution in [2.75, 3.05) is 13.2 Å². The van der Waals surface area contributed by atoms with Crippen molar-refractivity contribution < 1.29 is 9.84 Å². The molecule has 1 unspecified atom stereocenters. The van der Waals surface area contributed by atoms with Gasteiger partial charge >= 0.3 is 0 Å². The van der Waals surface area contributed by atoms with Crippen molar-refractivity contribution in [2.45, 2.75) is 45.2 Å². The Morgan fingerprint density at radius 2 is 2.17 bits per heavy atom. The van der Waals surface area contributed by atoms with E-state index in [-0.39, 0.29) is 12.6 Å². The Hall–Kier alpha value is -1.06. The van der Waals surface area contributed by atoms with E-state index in [9.17, 15) is 5.11 Å². The second kappa shape index (κ2) is 6.21. The lowest BCUT2D eigenvalue weighted by atomic mass is 9.99. The molecule has 0 saturated carbocycles. The van der Waals surface area contributed by atoms with Crippen LogP contribution in [0.3, 0.4) is 0 Å². The first-order valence-corrected chi connectivity index (χ1v) is 6.91. The lowest BCUT2D eigenvalue weighted by Crippen LogP contribution is -2.34. The highest BCUT2D eigenvalue weighted by molar-refractivity contribution is 5.40. The summed E-state index contributed by atoms with van der Waals surface area (Å²) in [5.41, 5.74) is 2.61. The Morgan fingerprint density at radius 1 is 1.33 bits per heavy atom. The van der Waals surface area contributed by atoms with Crippen molar-refractivity contribution in [3.8, 4) is 5.75 Å². The quantitative estimate of drug-likeness (QED) is 0.813. The van der Waals surface area contributed by atoms with Gasteiger partial charge in [-0.2, -0.15) is 0 Å². The molecule has 3 heteroatoms. The lowest BCUT2D eigenvalue weighted by molar-refractivity contribution is 0.226. The van der Waals surface area contributed by atoms with Crippen LogP contribution in [0.15, 0.2) is 18.2 Å². The zero-order valence-electron chi connectivity index (χ0n) is 11.3. The highest BCUT2D eigenvalue weighted by Gasteiger charge is 2.17. The third-order valence-electron chi connectivity index (χ3n) is 3.67. The van der Waals surface area contributed by atoms with Gasteiger partial charge < -0.3 is 15.2 Å². The summed E-state index contributed by atoms with van der Waals surface area (Å²) in [6.07, 6.45) is 2.98. The fraction of sp³-hybridized carbons (Fsp3) is 0.600. The summed E-state index contributed by atoms with van der Waals surface area (Å²) in [7, 11) is 0. The van der Waals surface area contributed by atoms with Crippen LogP contribution in [0.1, 0.15) is 43.9 Å². The van der Waals surface area contributed by atoms with Gasteiger partial charge in [-0.15, -0.1) is 0 Å². The van der Waals surface area contributed by atoms with E-state index in [1.54, 1.807) is 0 Å². The van der Waals surface area contributed by atoms with Gasteiger partial charge in [-0.3, -0.25) is 0 Å². The van der Waals surface area contributed by atoms with Gasteiger partial charge in [0.05, 0.1) is 13.2 Å². The molecule has 3 nitrogen and oxygen atoms in total. The van der Waals surface area contributed by atoms with Crippen LogP contribution in [0.25, 0.3) is 0 Å². The molecule has 100 valence electrons. The van der Waals surface area contributed by atoms with Gasteiger partial charge in [-0.05, 0) is 30.0 Å². The van der Waals surface area contributed by atoms with Crippen LogP contribution in [0.5, 0.6) is 5.75 Å². The molecular formula is C15H23NO2. The van der Waals surface area contributed by atoms with E-state index in [1.165, 1.54) is 11.1 Å². The standard InChI is InChI=1S/C15H23NO2/c1-3-13(10-17)16-14(4-2)11-5-6-15-12(9-11)7-8-18-15/h5-6,9,13-14,16-17H,3-4,7-8,10H2,1-2H3/t13-,14?/m1/s1. The van der Waals surface area contributed by atoms with E-state index in [4.69, 9.17) is 4.74 Å². The number of fused-ring (bicyclic) bond motifs is 1. The monoisotopic (exact) mass is 249 g/mol. The maximum absolute atomic E-state index is 9.29. The average molecular weight is 249 g/mol. The number of aliphatic hydroxyl groups is 1. The summed E-state index contributed by atoms with van der Waals surface area (Å²) in [5.74, 6) is 1.03. The smallest absolute Gasteiger partial charge is 0.122 e. The van der Waals surface area contributed by atoms with E-state index >= 15 is 0 Å². The molecule has 1 heterocycles. The second-order valence-corrected chi connectivity index (χ2v) is 4.88. The van der Waals surface area contributed by atoms with Gasteiger partial charge in [-0.25, -0.2) is 0 Å². The van der Waals surface area contributed by atoms with Crippen LogP contribution in [0.4, 0.5) is 0 Å². The number of ether oxygens (including phenoxy) is 1. The predicted octanol–water partition coefficient (Wildman–Crippen LogP) is 2.43. The minimum atomic E-state index is 0.180. The van der Waals surface area contributed by atoms with E-state index in [0.717, 1.165) is 31.6 Å². The molecule has 0 fully saturated rings. The normalized spacial score (nSPS) is 17.1. The highest BCUT2D eigenvalue weighted by Crippen LogP contribution is 2.29. The zero-order chi connectivity index (χ0) is 13.0. The molecule has 0 aromatic heterocycles. The van der Waals surface area contributed by atoms with Gasteiger partial charge in [0.2, 0.25) is 0 Å². The highest BCUT2D eigenvalue weighted by atomic mass is 16.5. The molecule has 1 aromatic carbocycles. The van der Waals surface area contributed by atoms with Gasteiger partial charge in [0.1, 0.15) is 5.75 Å². The molecule has 0 saturated heterocycles. The maximum atomic E-state index is 9.29. The first-order valence-electron chi connectivity index (χ1n) is 6.91. The molecule has 0 aliphatic carbocycles. The summed E-state index contributed by atoms with van der Waals surface area (Å²) in [4.78, 5) is 0. The van der Waals surface area contributed by atoms with Crippen molar-refractivity contribution in [1.29, 1.82) is 0 Å². The maximum Gasteiger partial charge on any atom is 0.122 e. The summed E-state index contributed by atoms with van der Waals surface area (Å²) in [5, 5.41) is 12.8. The molecule has 0 amide bonds. The van der Waals surface area contributed by atoms with Gasteiger partial charge in [0, 0.05) is 18.5 Å². The average Bonchev–Trinajstić information content (AvgIpc) is 2.87. The lowest BCUT2D eigenvalue weighted by Gasteiger charge is -2.23. The van der Waals surface area contributed by atoms with Crippen LogP contribution >= 0.6 is 0 Å². The molecule has 1 aromatic rings. The number of benzene rings is 1. The zero-order valence-corrected chi connectivity index (χ0v) is 11.3. The first-order chi connectivity index (χ1) is 8.78. The van der Waals surface area contributed by atoms with E-state index in [2.05, 4.69) is 37.4 Å². The molecule has 0 bridgehead atoms. The topological polar surface area (TPSA) is 41.5 Å². The summed E-state index contributed by atoms with van der Waals surface area (Å²) >= 11 is 0. The fourth-order valence-corrected chi connectivity index (χ4v) is 2.46. The molecule has 2 atom stereocenters. The number of nitrogens with one attached hydrogen (secondary N) is 1. The van der Waals surface area contributed by atoms with E-state index in [0.29, 0.717) is 6.04 Å². The third kappa shape index (κ3) is 2.85. The molecule has 18 heavy (non-hydrogen) atoms. The van der Waals surface area contributed by atoms with Crippen LogP contribution < -0.4 is 10.1 Å². The third-order valence-corrected chi connectivity index (χ3v) is 3.67. The van der Waals surface area contributed by atoms with Crippen LogP contribution in [-0.4, -0.2) is 24.4 Å². The Bertz CT molecular complexity index is 388. The minimum absolute atomic E-state index is 0.180. The summed E-state index contributed by atoms with van der Waals surface area (Å²) < 4.78 is 5.53. The largest absolute Gasteiger partial charge is 0.493 e. The SMILES string of the molecule is CCC(N[C@H](CC)CO)c1ccc2c(c1)CCO2. The van der Waals surface area contributed by atoms with Gasteiger partial charge in [-0.1, -0.05) is 26.0 Å². The summed E-state index contributed by atoms with van der Waals surface area (Å²) in [6.45, 7) is 5.26.